The molecule has 1 N–H and O–H groups in total. The Morgan fingerprint density at radius 2 is 1.94 bits per heavy atom. The Hall–Kier alpha value is -0.430. The molecule has 1 aliphatic heterocycles. The van der Waals surface area contributed by atoms with Crippen molar-refractivity contribution in [2.75, 3.05) is 19.6 Å². The zero-order valence-corrected chi connectivity index (χ0v) is 12.5. The zero-order chi connectivity index (χ0) is 12.8. The largest absolute Gasteiger partial charge is 0.314 e. The van der Waals surface area contributed by atoms with E-state index in [2.05, 4.69) is 56.6 Å². The summed E-state index contributed by atoms with van der Waals surface area (Å²) in [6, 6.07) is 11.3. The molecule has 1 aromatic rings. The van der Waals surface area contributed by atoms with Crippen molar-refractivity contribution in [3.05, 3.63) is 35.9 Å². The molecule has 100 valence electrons. The minimum Gasteiger partial charge on any atom is -0.314 e. The molecule has 2 atom stereocenters. The Morgan fingerprint density at radius 1 is 1.28 bits per heavy atom. The quantitative estimate of drug-likeness (QED) is 0.823. The Labute approximate surface area is 113 Å². The maximum absolute atomic E-state index is 3.69. The maximum Gasteiger partial charge on any atom is 0.00792 e. The van der Waals surface area contributed by atoms with E-state index in [1.165, 1.54) is 38.0 Å². The van der Waals surface area contributed by atoms with E-state index in [1.54, 1.807) is 0 Å². The first-order chi connectivity index (χ1) is 8.74. The average molecular weight is 264 g/mol. The van der Waals surface area contributed by atoms with Crippen LogP contribution in [0.15, 0.2) is 30.3 Å². The van der Waals surface area contributed by atoms with Gasteiger partial charge in [0.25, 0.3) is 0 Å². The number of nitrogens with zero attached hydrogens (tertiary/aromatic N) is 1. The fraction of sp³-hybridized carbons (Fsp3) is 0.600. The van der Waals surface area contributed by atoms with Crippen LogP contribution in [0, 0.1) is 5.92 Å². The van der Waals surface area contributed by atoms with Crippen molar-refractivity contribution in [3.8, 4) is 0 Å². The lowest BCUT2D eigenvalue weighted by Gasteiger charge is -2.29. The van der Waals surface area contributed by atoms with Gasteiger partial charge in [0.15, 0.2) is 0 Å². The van der Waals surface area contributed by atoms with E-state index in [0.717, 1.165) is 12.3 Å². The molecule has 0 bridgehead atoms. The van der Waals surface area contributed by atoms with Gasteiger partial charge in [0.05, 0.1) is 0 Å². The smallest absolute Gasteiger partial charge is 0.00792 e. The third kappa shape index (κ3) is 4.68. The second-order valence-electron chi connectivity index (χ2n) is 5.48. The van der Waals surface area contributed by atoms with Crippen LogP contribution in [-0.4, -0.2) is 30.3 Å². The average Bonchev–Trinajstić information content (AvgIpc) is 2.39. The molecule has 0 spiro atoms. The molecule has 2 nitrogen and oxygen atoms in total. The monoisotopic (exact) mass is 264 g/mol. The summed E-state index contributed by atoms with van der Waals surface area (Å²) >= 11 is 0. The van der Waals surface area contributed by atoms with Gasteiger partial charge in [-0.3, -0.25) is 4.67 Å². The summed E-state index contributed by atoms with van der Waals surface area (Å²) in [6.07, 6.45) is 3.78. The molecule has 1 aliphatic rings. The van der Waals surface area contributed by atoms with E-state index in [1.807, 2.05) is 0 Å². The SMILES string of the molecule is CC(Cc1ccccc1)NCC1CCN(P)CC1. The van der Waals surface area contributed by atoms with Crippen LogP contribution in [0.4, 0.5) is 0 Å². The van der Waals surface area contributed by atoms with Crippen LogP contribution in [0.25, 0.3) is 0 Å². The zero-order valence-electron chi connectivity index (χ0n) is 11.3. The topological polar surface area (TPSA) is 15.3 Å². The number of benzene rings is 1. The summed E-state index contributed by atoms with van der Waals surface area (Å²) in [6.45, 7) is 5.92. The summed E-state index contributed by atoms with van der Waals surface area (Å²) in [7, 11) is 2.81. The minimum absolute atomic E-state index is 0.571. The first-order valence-corrected chi connectivity index (χ1v) is 7.52. The Balaban J connectivity index is 1.67. The minimum atomic E-state index is 0.571. The standard InChI is InChI=1S/C15H25N2P/c1-13(11-14-5-3-2-4-6-14)16-12-15-7-9-17(18)10-8-15/h2-6,13,15-16H,7-12,18H2,1H3. The van der Waals surface area contributed by atoms with Gasteiger partial charge in [-0.25, -0.2) is 0 Å². The molecular weight excluding hydrogens is 239 g/mol. The van der Waals surface area contributed by atoms with E-state index >= 15 is 0 Å². The van der Waals surface area contributed by atoms with Crippen LogP contribution in [0.2, 0.25) is 0 Å². The van der Waals surface area contributed by atoms with Gasteiger partial charge >= 0.3 is 0 Å². The van der Waals surface area contributed by atoms with Gasteiger partial charge < -0.3 is 5.32 Å². The number of hydrogen-bond donors (Lipinski definition) is 1. The molecule has 0 aliphatic carbocycles. The van der Waals surface area contributed by atoms with E-state index in [9.17, 15) is 0 Å². The molecule has 1 aromatic carbocycles. The molecule has 3 heteroatoms. The number of nitrogens with one attached hydrogen (secondary N) is 1. The summed E-state index contributed by atoms with van der Waals surface area (Å²) in [5.41, 5.74) is 1.43. The van der Waals surface area contributed by atoms with Gasteiger partial charge in [0, 0.05) is 19.1 Å². The molecule has 0 amide bonds. The summed E-state index contributed by atoms with van der Waals surface area (Å²) in [4.78, 5) is 0. The van der Waals surface area contributed by atoms with Crippen LogP contribution in [0.5, 0.6) is 0 Å². The maximum atomic E-state index is 3.69. The van der Waals surface area contributed by atoms with Gasteiger partial charge in [0.1, 0.15) is 0 Å². The second-order valence-corrected chi connectivity index (χ2v) is 6.21. The van der Waals surface area contributed by atoms with E-state index < -0.39 is 0 Å². The molecule has 0 aromatic heterocycles. The van der Waals surface area contributed by atoms with Crippen LogP contribution < -0.4 is 5.32 Å². The lowest BCUT2D eigenvalue weighted by Crippen LogP contribution is -2.36. The second kappa shape index (κ2) is 7.23. The van der Waals surface area contributed by atoms with Gasteiger partial charge in [0.2, 0.25) is 0 Å². The Kier molecular flexibility index (Phi) is 5.62. The van der Waals surface area contributed by atoms with Gasteiger partial charge in [-0.1, -0.05) is 39.7 Å². The molecule has 0 saturated carbocycles. The molecule has 0 radical (unpaired) electrons. The summed E-state index contributed by atoms with van der Waals surface area (Å²) in [5.74, 6) is 0.861. The highest BCUT2D eigenvalue weighted by Crippen LogP contribution is 2.18. The molecule has 18 heavy (non-hydrogen) atoms. The van der Waals surface area contributed by atoms with Crippen molar-refractivity contribution in [2.45, 2.75) is 32.2 Å². The van der Waals surface area contributed by atoms with Crippen molar-refractivity contribution in [2.24, 2.45) is 5.92 Å². The van der Waals surface area contributed by atoms with Crippen LogP contribution in [0.3, 0.4) is 0 Å². The van der Waals surface area contributed by atoms with Crippen LogP contribution >= 0.6 is 9.39 Å². The molecular formula is C15H25N2P. The molecule has 2 unspecified atom stereocenters. The van der Waals surface area contributed by atoms with E-state index in [-0.39, 0.29) is 0 Å². The molecule has 2 rings (SSSR count). The lowest BCUT2D eigenvalue weighted by molar-refractivity contribution is 0.276. The van der Waals surface area contributed by atoms with Crippen molar-refractivity contribution in [3.63, 3.8) is 0 Å². The highest BCUT2D eigenvalue weighted by atomic mass is 31.0. The van der Waals surface area contributed by atoms with Crippen LogP contribution in [-0.2, 0) is 6.42 Å². The fourth-order valence-electron chi connectivity index (χ4n) is 2.56. The third-order valence-corrected chi connectivity index (χ3v) is 4.31. The number of hydrogen-bond acceptors (Lipinski definition) is 2. The normalized spacial score (nSPS) is 19.9. The van der Waals surface area contributed by atoms with Gasteiger partial charge in [-0.05, 0) is 44.2 Å². The van der Waals surface area contributed by atoms with Gasteiger partial charge in [-0.2, -0.15) is 0 Å². The molecule has 1 heterocycles. The fourth-order valence-corrected chi connectivity index (χ4v) is 2.86. The van der Waals surface area contributed by atoms with E-state index in [0.29, 0.717) is 6.04 Å². The Morgan fingerprint density at radius 3 is 2.61 bits per heavy atom. The number of rotatable bonds is 5. The summed E-state index contributed by atoms with van der Waals surface area (Å²) in [5, 5.41) is 3.69. The van der Waals surface area contributed by atoms with Crippen molar-refractivity contribution >= 4 is 9.39 Å². The first-order valence-electron chi connectivity index (χ1n) is 7.01. The van der Waals surface area contributed by atoms with Crippen molar-refractivity contribution in [1.29, 1.82) is 0 Å². The molecule has 1 saturated heterocycles. The van der Waals surface area contributed by atoms with Crippen molar-refractivity contribution in [1.82, 2.24) is 9.99 Å². The summed E-state index contributed by atoms with van der Waals surface area (Å²) < 4.78 is 2.35. The van der Waals surface area contributed by atoms with Crippen molar-refractivity contribution < 1.29 is 0 Å². The van der Waals surface area contributed by atoms with E-state index in [4.69, 9.17) is 0 Å². The predicted molar refractivity (Wildman–Crippen MR) is 81.6 cm³/mol. The lowest BCUT2D eigenvalue weighted by atomic mass is 9.97. The molecule has 1 fully saturated rings. The highest BCUT2D eigenvalue weighted by Gasteiger charge is 2.17. The van der Waals surface area contributed by atoms with Crippen LogP contribution in [0.1, 0.15) is 25.3 Å². The van der Waals surface area contributed by atoms with Gasteiger partial charge in [-0.15, -0.1) is 0 Å². The predicted octanol–water partition coefficient (Wildman–Crippen LogP) is 2.71. The number of piperidine rings is 1. The third-order valence-electron chi connectivity index (χ3n) is 3.79. The Bertz CT molecular complexity index is 334. The highest BCUT2D eigenvalue weighted by molar-refractivity contribution is 7.13. The first kappa shape index (κ1) is 14.0.